The van der Waals surface area contributed by atoms with E-state index in [-0.39, 0.29) is 34.8 Å². The fourth-order valence-electron chi connectivity index (χ4n) is 3.90. The van der Waals surface area contributed by atoms with Crippen molar-refractivity contribution in [2.45, 2.75) is 48.3 Å². The minimum atomic E-state index is -4.54. The van der Waals surface area contributed by atoms with Crippen LogP contribution >= 0.6 is 0 Å². The lowest BCUT2D eigenvalue weighted by Gasteiger charge is -2.13. The molecule has 1 fully saturated rings. The molecule has 1 aromatic heterocycles. The number of halogens is 5. The van der Waals surface area contributed by atoms with Crippen LogP contribution in [0.3, 0.4) is 0 Å². The molecule has 0 radical (unpaired) electrons. The standard InChI is InChI=1S/C25H25F5N4O3S/c1-15(31)38(35,36)17-8-9-20(22(12-17)37-2)32-10-4-5-16-11-18-19(33-23-13-24(23,26)27)6-3-7-21(18)34(16)14-25(28,29)30/h3,6-9,11-12,15,23,32-33H,10,13-14,31H2,1-2H3/t15?,23-/m0/s1. The molecule has 4 N–H and O–H groups in total. The van der Waals surface area contributed by atoms with Gasteiger partial charge in [-0.15, -0.1) is 0 Å². The number of methoxy groups -OCH3 is 1. The Balaban J connectivity index is 1.60. The number of benzene rings is 2. The van der Waals surface area contributed by atoms with E-state index in [9.17, 15) is 30.4 Å². The van der Waals surface area contributed by atoms with Crippen molar-refractivity contribution < 1.29 is 35.1 Å². The molecule has 1 aliphatic rings. The number of ether oxygens (including phenoxy) is 1. The molecule has 2 aromatic carbocycles. The summed E-state index contributed by atoms with van der Waals surface area (Å²) in [6.45, 7) is 0.0326. The van der Waals surface area contributed by atoms with Crippen LogP contribution in [0.4, 0.5) is 33.3 Å². The van der Waals surface area contributed by atoms with Crippen molar-refractivity contribution in [1.29, 1.82) is 0 Å². The predicted molar refractivity (Wildman–Crippen MR) is 134 cm³/mol. The molecule has 0 amide bonds. The van der Waals surface area contributed by atoms with Gasteiger partial charge in [-0.3, -0.25) is 0 Å². The summed E-state index contributed by atoms with van der Waals surface area (Å²) in [6, 6.07) is 9.02. The Labute approximate surface area is 216 Å². The third kappa shape index (κ3) is 5.81. The van der Waals surface area contributed by atoms with Gasteiger partial charge in [0, 0.05) is 23.6 Å². The van der Waals surface area contributed by atoms with Crippen LogP contribution in [0.2, 0.25) is 0 Å². The smallest absolute Gasteiger partial charge is 0.406 e. The summed E-state index contributed by atoms with van der Waals surface area (Å²) in [5.41, 5.74) is 6.52. The van der Waals surface area contributed by atoms with Crippen molar-refractivity contribution in [3.05, 3.63) is 48.2 Å². The van der Waals surface area contributed by atoms with Gasteiger partial charge in [0.25, 0.3) is 5.92 Å². The molecule has 2 atom stereocenters. The van der Waals surface area contributed by atoms with Gasteiger partial charge < -0.3 is 25.7 Å². The normalized spacial score (nSPS) is 17.4. The maximum absolute atomic E-state index is 13.4. The first-order valence-corrected chi connectivity index (χ1v) is 13.0. The van der Waals surface area contributed by atoms with Crippen LogP contribution in [0.5, 0.6) is 5.75 Å². The largest absolute Gasteiger partial charge is 0.495 e. The van der Waals surface area contributed by atoms with E-state index in [1.54, 1.807) is 0 Å². The number of hydrogen-bond acceptors (Lipinski definition) is 6. The Morgan fingerprint density at radius 3 is 2.53 bits per heavy atom. The summed E-state index contributed by atoms with van der Waals surface area (Å²) in [4.78, 5) is -0.0222. The molecular weight excluding hydrogens is 531 g/mol. The molecular formula is C25H25F5N4O3S. The number of anilines is 2. The van der Waals surface area contributed by atoms with Crippen molar-refractivity contribution in [1.82, 2.24) is 4.57 Å². The molecule has 0 spiro atoms. The van der Waals surface area contributed by atoms with E-state index in [2.05, 4.69) is 22.5 Å². The number of fused-ring (bicyclic) bond motifs is 1. The van der Waals surface area contributed by atoms with E-state index < -0.39 is 39.9 Å². The van der Waals surface area contributed by atoms with Crippen LogP contribution in [-0.2, 0) is 16.4 Å². The Morgan fingerprint density at radius 1 is 1.21 bits per heavy atom. The van der Waals surface area contributed by atoms with Crippen LogP contribution in [-0.4, -0.2) is 50.2 Å². The van der Waals surface area contributed by atoms with E-state index in [0.29, 0.717) is 16.8 Å². The molecule has 1 aliphatic carbocycles. The van der Waals surface area contributed by atoms with Gasteiger partial charge in [-0.25, -0.2) is 17.2 Å². The van der Waals surface area contributed by atoms with Gasteiger partial charge in [-0.1, -0.05) is 12.0 Å². The molecule has 1 heterocycles. The number of nitrogens with one attached hydrogen (secondary N) is 2. The van der Waals surface area contributed by atoms with Crippen LogP contribution in [0.15, 0.2) is 47.4 Å². The lowest BCUT2D eigenvalue weighted by Crippen LogP contribution is -2.26. The minimum Gasteiger partial charge on any atom is -0.495 e. The highest BCUT2D eigenvalue weighted by molar-refractivity contribution is 7.92. The van der Waals surface area contributed by atoms with E-state index in [0.717, 1.165) is 4.57 Å². The number of rotatable bonds is 8. The molecule has 7 nitrogen and oxygen atoms in total. The molecule has 0 bridgehead atoms. The number of hydrogen-bond donors (Lipinski definition) is 3. The zero-order valence-corrected chi connectivity index (χ0v) is 21.2. The molecule has 38 heavy (non-hydrogen) atoms. The number of aromatic nitrogens is 1. The average molecular weight is 557 g/mol. The molecule has 0 aliphatic heterocycles. The van der Waals surface area contributed by atoms with E-state index in [1.807, 2.05) is 0 Å². The fraction of sp³-hybridized carbons (Fsp3) is 0.360. The summed E-state index contributed by atoms with van der Waals surface area (Å²) >= 11 is 0. The predicted octanol–water partition coefficient (Wildman–Crippen LogP) is 4.57. The summed E-state index contributed by atoms with van der Waals surface area (Å²) in [5.74, 6) is 2.84. The van der Waals surface area contributed by atoms with Crippen molar-refractivity contribution in [3.8, 4) is 17.6 Å². The maximum atomic E-state index is 13.4. The van der Waals surface area contributed by atoms with Gasteiger partial charge in [-0.2, -0.15) is 13.2 Å². The summed E-state index contributed by atoms with van der Waals surface area (Å²) in [6.07, 6.45) is -4.88. The first-order chi connectivity index (χ1) is 17.7. The quantitative estimate of drug-likeness (QED) is 0.278. The van der Waals surface area contributed by atoms with Crippen molar-refractivity contribution in [2.24, 2.45) is 5.73 Å². The van der Waals surface area contributed by atoms with Gasteiger partial charge in [0.05, 0.1) is 41.5 Å². The minimum absolute atomic E-state index is 0.0112. The van der Waals surface area contributed by atoms with Gasteiger partial charge in [0.2, 0.25) is 0 Å². The first kappa shape index (κ1) is 27.5. The topological polar surface area (TPSA) is 98.4 Å². The molecule has 0 saturated heterocycles. The number of alkyl halides is 5. The highest BCUT2D eigenvalue weighted by atomic mass is 32.2. The zero-order chi connectivity index (χ0) is 27.9. The van der Waals surface area contributed by atoms with E-state index in [4.69, 9.17) is 10.5 Å². The maximum Gasteiger partial charge on any atom is 0.406 e. The summed E-state index contributed by atoms with van der Waals surface area (Å²) in [7, 11) is -2.38. The lowest BCUT2D eigenvalue weighted by atomic mass is 10.2. The van der Waals surface area contributed by atoms with Crippen LogP contribution in [0, 0.1) is 11.8 Å². The van der Waals surface area contributed by atoms with Crippen LogP contribution < -0.4 is 21.1 Å². The molecule has 4 rings (SSSR count). The van der Waals surface area contributed by atoms with Crippen molar-refractivity contribution in [2.75, 3.05) is 24.3 Å². The third-order valence-electron chi connectivity index (χ3n) is 6.01. The monoisotopic (exact) mass is 556 g/mol. The second kappa shape index (κ2) is 9.99. The second-order valence-electron chi connectivity index (χ2n) is 8.90. The highest BCUT2D eigenvalue weighted by Gasteiger charge is 2.57. The van der Waals surface area contributed by atoms with Gasteiger partial charge >= 0.3 is 6.18 Å². The molecule has 3 aromatic rings. The SMILES string of the molecule is COc1cc(S(=O)(=O)C(C)N)ccc1NCC#Cc1cc2c(N[C@H]3CC3(F)F)cccc2n1CC(F)(F)F. The fourth-order valence-corrected chi connectivity index (χ4v) is 4.86. The molecule has 1 unspecified atom stereocenters. The van der Waals surface area contributed by atoms with Crippen molar-refractivity contribution >= 4 is 32.1 Å². The molecule has 1 saturated carbocycles. The van der Waals surface area contributed by atoms with Gasteiger partial charge in [0.15, 0.2) is 9.84 Å². The van der Waals surface area contributed by atoms with Crippen molar-refractivity contribution in [3.63, 3.8) is 0 Å². The highest BCUT2D eigenvalue weighted by Crippen LogP contribution is 2.44. The Morgan fingerprint density at radius 2 is 1.92 bits per heavy atom. The molecule has 13 heteroatoms. The van der Waals surface area contributed by atoms with E-state index in [1.165, 1.54) is 56.5 Å². The van der Waals surface area contributed by atoms with Gasteiger partial charge in [-0.05, 0) is 43.2 Å². The summed E-state index contributed by atoms with van der Waals surface area (Å²) in [5, 5.41) is 4.89. The van der Waals surface area contributed by atoms with E-state index >= 15 is 0 Å². The second-order valence-corrected chi connectivity index (χ2v) is 11.2. The molecule has 204 valence electrons. The number of nitrogens with zero attached hydrogens (tertiary/aromatic N) is 1. The number of nitrogens with two attached hydrogens (primary N) is 1. The lowest BCUT2D eigenvalue weighted by molar-refractivity contribution is -0.140. The van der Waals surface area contributed by atoms with Crippen LogP contribution in [0.1, 0.15) is 19.0 Å². The number of sulfone groups is 1. The van der Waals surface area contributed by atoms with Crippen LogP contribution in [0.25, 0.3) is 10.9 Å². The zero-order valence-electron chi connectivity index (χ0n) is 20.4. The summed E-state index contributed by atoms with van der Waals surface area (Å²) < 4.78 is 97.7. The van der Waals surface area contributed by atoms with Gasteiger partial charge in [0.1, 0.15) is 17.7 Å². The Bertz CT molecular complexity index is 1520. The third-order valence-corrected chi connectivity index (χ3v) is 7.90. The first-order valence-electron chi connectivity index (χ1n) is 11.5. The Hall–Kier alpha value is -3.50. The Kier molecular flexibility index (Phi) is 7.24. The average Bonchev–Trinajstić information content (AvgIpc) is 3.29.